The van der Waals surface area contributed by atoms with Gasteiger partial charge in [0, 0.05) is 23.1 Å². The number of alkyl halides is 1. The first-order valence-corrected chi connectivity index (χ1v) is 8.30. The first-order valence-electron chi connectivity index (χ1n) is 6.16. The van der Waals surface area contributed by atoms with Crippen LogP contribution in [0.25, 0.3) is 0 Å². The van der Waals surface area contributed by atoms with Crippen molar-refractivity contribution in [2.45, 2.75) is 28.2 Å². The summed E-state index contributed by atoms with van der Waals surface area (Å²) in [5.41, 5.74) is 0. The largest absolute Gasteiger partial charge is 0.468 e. The summed E-state index contributed by atoms with van der Waals surface area (Å²) >= 11 is 5.30. The number of rotatable bonds is 2. The van der Waals surface area contributed by atoms with E-state index in [-0.39, 0.29) is 17.8 Å². The molecule has 18 heavy (non-hydrogen) atoms. The van der Waals surface area contributed by atoms with Crippen LogP contribution >= 0.6 is 27.7 Å². The second-order valence-corrected chi connectivity index (χ2v) is 7.37. The quantitative estimate of drug-likeness (QED) is 0.568. The van der Waals surface area contributed by atoms with Crippen molar-refractivity contribution in [1.29, 1.82) is 0 Å². The molecule has 0 aromatic heterocycles. The van der Waals surface area contributed by atoms with Gasteiger partial charge in [0.2, 0.25) is 0 Å². The highest BCUT2D eigenvalue weighted by atomic mass is 79.9. The molecule has 2 aliphatic carbocycles. The second-order valence-electron chi connectivity index (χ2n) is 5.11. The summed E-state index contributed by atoms with van der Waals surface area (Å²) in [6.45, 7) is 1.25. The number of thioether (sulfide) groups is 1. The van der Waals surface area contributed by atoms with Crippen LogP contribution in [0.5, 0.6) is 0 Å². The van der Waals surface area contributed by atoms with Crippen LogP contribution < -0.4 is 0 Å². The van der Waals surface area contributed by atoms with Gasteiger partial charge in [0.15, 0.2) is 5.79 Å². The Hall–Kier alpha value is 0.220. The first-order chi connectivity index (χ1) is 8.60. The van der Waals surface area contributed by atoms with E-state index in [1.165, 1.54) is 7.11 Å². The molecule has 0 amide bonds. The van der Waals surface area contributed by atoms with E-state index in [4.69, 9.17) is 14.2 Å². The van der Waals surface area contributed by atoms with Crippen LogP contribution in [0.4, 0.5) is 0 Å². The third-order valence-electron chi connectivity index (χ3n) is 4.62. The van der Waals surface area contributed by atoms with Gasteiger partial charge >= 0.3 is 5.97 Å². The monoisotopic (exact) mass is 336 g/mol. The van der Waals surface area contributed by atoms with Crippen LogP contribution in [0.2, 0.25) is 0 Å². The number of hydrogen-bond acceptors (Lipinski definition) is 5. The Labute approximate surface area is 119 Å². The van der Waals surface area contributed by atoms with E-state index in [1.807, 2.05) is 6.26 Å². The van der Waals surface area contributed by atoms with Gasteiger partial charge in [0.05, 0.1) is 20.3 Å². The van der Waals surface area contributed by atoms with Crippen LogP contribution in [-0.4, -0.2) is 47.9 Å². The molecule has 3 fully saturated rings. The number of fused-ring (bicyclic) bond motifs is 3. The maximum absolute atomic E-state index is 12.3. The zero-order chi connectivity index (χ0) is 13.0. The zero-order valence-electron chi connectivity index (χ0n) is 10.5. The molecule has 1 aliphatic heterocycles. The Bertz CT molecular complexity index is 371. The highest BCUT2D eigenvalue weighted by Gasteiger charge is 2.74. The number of hydrogen-bond donors (Lipinski definition) is 0. The summed E-state index contributed by atoms with van der Waals surface area (Å²) in [7, 11) is 1.46. The van der Waals surface area contributed by atoms with Crippen LogP contribution in [0.15, 0.2) is 0 Å². The SMILES string of the molecule is COC(=O)C1(SC)C2CC3(OCCO3)C1CC2Br. The third kappa shape index (κ3) is 1.43. The number of carbonyl (C=O) groups excluding carboxylic acids is 1. The number of halogens is 1. The van der Waals surface area contributed by atoms with Gasteiger partial charge in [-0.2, -0.15) is 0 Å². The van der Waals surface area contributed by atoms with E-state index in [9.17, 15) is 4.79 Å². The van der Waals surface area contributed by atoms with Crippen molar-refractivity contribution < 1.29 is 19.0 Å². The van der Waals surface area contributed by atoms with E-state index in [2.05, 4.69) is 15.9 Å². The maximum atomic E-state index is 12.3. The Morgan fingerprint density at radius 1 is 1.44 bits per heavy atom. The molecule has 3 aliphatic rings. The normalized spacial score (nSPS) is 44.7. The molecule has 4 unspecified atom stereocenters. The summed E-state index contributed by atoms with van der Waals surface area (Å²) in [6.07, 6.45) is 3.67. The van der Waals surface area contributed by atoms with Gasteiger partial charge in [-0.25, -0.2) is 0 Å². The molecule has 2 saturated carbocycles. The fourth-order valence-electron chi connectivity index (χ4n) is 3.95. The molecular formula is C12H17BrO4S. The molecule has 4 atom stereocenters. The summed E-state index contributed by atoms with van der Waals surface area (Å²) in [4.78, 5) is 12.7. The highest BCUT2D eigenvalue weighted by Crippen LogP contribution is 2.66. The lowest BCUT2D eigenvalue weighted by Crippen LogP contribution is -2.46. The van der Waals surface area contributed by atoms with Crippen LogP contribution in [0.3, 0.4) is 0 Å². The summed E-state index contributed by atoms with van der Waals surface area (Å²) in [5, 5.41) is 0. The molecule has 1 saturated heterocycles. The fourth-order valence-corrected chi connectivity index (χ4v) is 6.46. The van der Waals surface area contributed by atoms with Crippen LogP contribution in [0.1, 0.15) is 12.8 Å². The average molecular weight is 337 g/mol. The molecular weight excluding hydrogens is 320 g/mol. The molecule has 1 spiro atoms. The minimum atomic E-state index is -0.549. The van der Waals surface area contributed by atoms with E-state index < -0.39 is 10.5 Å². The molecule has 102 valence electrons. The van der Waals surface area contributed by atoms with Crippen molar-refractivity contribution in [2.24, 2.45) is 11.8 Å². The number of esters is 1. The molecule has 0 radical (unpaired) electrons. The minimum absolute atomic E-state index is 0.0734. The predicted molar refractivity (Wildman–Crippen MR) is 71.8 cm³/mol. The molecule has 0 aromatic carbocycles. The van der Waals surface area contributed by atoms with Crippen molar-refractivity contribution in [3.05, 3.63) is 0 Å². The van der Waals surface area contributed by atoms with Crippen LogP contribution in [-0.2, 0) is 19.0 Å². The predicted octanol–water partition coefficient (Wildman–Crippen LogP) is 1.81. The number of methoxy groups -OCH3 is 1. The van der Waals surface area contributed by atoms with Gasteiger partial charge in [-0.1, -0.05) is 15.9 Å². The van der Waals surface area contributed by atoms with Crippen LogP contribution in [0, 0.1) is 11.8 Å². The number of carbonyl (C=O) groups is 1. The maximum Gasteiger partial charge on any atom is 0.322 e. The minimum Gasteiger partial charge on any atom is -0.468 e. The molecule has 1 heterocycles. The molecule has 0 N–H and O–H groups in total. The molecule has 2 bridgehead atoms. The Kier molecular flexibility index (Phi) is 3.20. The molecule has 6 heteroatoms. The first kappa shape index (κ1) is 13.2. The van der Waals surface area contributed by atoms with E-state index in [1.54, 1.807) is 11.8 Å². The Morgan fingerprint density at radius 3 is 2.67 bits per heavy atom. The Balaban J connectivity index is 2.02. The average Bonchev–Trinajstić information content (AvgIpc) is 3.02. The lowest BCUT2D eigenvalue weighted by molar-refractivity contribution is -0.193. The van der Waals surface area contributed by atoms with Crippen molar-refractivity contribution in [3.8, 4) is 0 Å². The summed E-state index contributed by atoms with van der Waals surface area (Å²) in [5.74, 6) is -0.401. The molecule has 4 nitrogen and oxygen atoms in total. The molecule has 3 rings (SSSR count). The summed E-state index contributed by atoms with van der Waals surface area (Å²) < 4.78 is 16.3. The van der Waals surface area contributed by atoms with Crippen molar-refractivity contribution in [1.82, 2.24) is 0 Å². The Morgan fingerprint density at radius 2 is 2.11 bits per heavy atom. The summed E-state index contributed by atoms with van der Waals surface area (Å²) in [6, 6.07) is 0. The topological polar surface area (TPSA) is 44.8 Å². The zero-order valence-corrected chi connectivity index (χ0v) is 12.9. The highest BCUT2D eigenvalue weighted by molar-refractivity contribution is 9.09. The van der Waals surface area contributed by atoms with Crippen molar-refractivity contribution >= 4 is 33.7 Å². The van der Waals surface area contributed by atoms with Crippen molar-refractivity contribution in [2.75, 3.05) is 26.6 Å². The van der Waals surface area contributed by atoms with Gasteiger partial charge in [-0.3, -0.25) is 4.79 Å². The van der Waals surface area contributed by atoms with Crippen molar-refractivity contribution in [3.63, 3.8) is 0 Å². The van der Waals surface area contributed by atoms with Gasteiger partial charge in [0.1, 0.15) is 4.75 Å². The van der Waals surface area contributed by atoms with E-state index in [0.29, 0.717) is 18.0 Å². The van der Waals surface area contributed by atoms with Gasteiger partial charge in [0.25, 0.3) is 0 Å². The van der Waals surface area contributed by atoms with Gasteiger partial charge < -0.3 is 14.2 Å². The van der Waals surface area contributed by atoms with E-state index in [0.717, 1.165) is 12.8 Å². The van der Waals surface area contributed by atoms with Gasteiger partial charge in [-0.15, -0.1) is 11.8 Å². The van der Waals surface area contributed by atoms with E-state index >= 15 is 0 Å². The standard InChI is InChI=1S/C12H17BrO4S/c1-15-10(14)12(18-2)7-6-11(16-3-4-17-11)9(12)5-8(7)13/h7-9H,3-6H2,1-2H3. The lowest BCUT2D eigenvalue weighted by atomic mass is 9.92. The third-order valence-corrected chi connectivity index (χ3v) is 7.06. The molecule has 0 aromatic rings. The second kappa shape index (κ2) is 4.36. The smallest absolute Gasteiger partial charge is 0.322 e. The van der Waals surface area contributed by atoms with Gasteiger partial charge in [-0.05, 0) is 12.7 Å². The lowest BCUT2D eigenvalue weighted by Gasteiger charge is -2.35. The fraction of sp³-hybridized carbons (Fsp3) is 0.917. The number of ether oxygens (including phenoxy) is 3.